The highest BCUT2D eigenvalue weighted by atomic mass is 35.5. The summed E-state index contributed by atoms with van der Waals surface area (Å²) in [5.41, 5.74) is 2.23. The second-order valence-electron chi connectivity index (χ2n) is 5.44. The van der Waals surface area contributed by atoms with Gasteiger partial charge in [-0.1, -0.05) is 53.0 Å². The van der Waals surface area contributed by atoms with Gasteiger partial charge in [0.15, 0.2) is 0 Å². The van der Waals surface area contributed by atoms with Crippen LogP contribution in [0, 0.1) is 6.92 Å². The van der Waals surface area contributed by atoms with Crippen molar-refractivity contribution in [1.29, 1.82) is 0 Å². The number of hydrogen-bond acceptors (Lipinski definition) is 3. The number of benzene rings is 2. The summed E-state index contributed by atoms with van der Waals surface area (Å²) in [6, 6.07) is 12.1. The number of rotatable bonds is 4. The van der Waals surface area contributed by atoms with Crippen molar-refractivity contribution in [3.8, 4) is 10.6 Å². The van der Waals surface area contributed by atoms with Crippen LogP contribution in [0.1, 0.15) is 10.6 Å². The molecule has 8 heteroatoms. The average Bonchev–Trinajstić information content (AvgIpc) is 2.96. The molecule has 0 saturated carbocycles. The fraction of sp³-hybridized carbons (Fsp3) is 0.111. The van der Waals surface area contributed by atoms with Crippen LogP contribution in [0.4, 0.5) is 10.5 Å². The van der Waals surface area contributed by atoms with Crippen LogP contribution in [0.5, 0.6) is 0 Å². The Bertz CT molecular complexity index is 959. The van der Waals surface area contributed by atoms with Crippen LogP contribution >= 0.6 is 46.1 Å². The molecule has 0 unspecified atom stereocenters. The van der Waals surface area contributed by atoms with Crippen molar-refractivity contribution in [1.82, 2.24) is 10.3 Å². The number of aromatic nitrogens is 1. The van der Waals surface area contributed by atoms with Crippen molar-refractivity contribution in [3.05, 3.63) is 68.1 Å². The Morgan fingerprint density at radius 2 is 1.88 bits per heavy atom. The zero-order valence-electron chi connectivity index (χ0n) is 13.6. The number of carbonyl (C=O) groups excluding carboxylic acids is 1. The van der Waals surface area contributed by atoms with Gasteiger partial charge in [-0.25, -0.2) is 9.78 Å². The topological polar surface area (TPSA) is 54.0 Å². The van der Waals surface area contributed by atoms with Crippen LogP contribution in [0.15, 0.2) is 42.5 Å². The molecule has 0 bridgehead atoms. The SMILES string of the molecule is Cc1nc(-c2ccccc2Cl)sc1CNC(=O)Nc1ccc(Cl)cc1Cl. The Morgan fingerprint density at radius 3 is 2.62 bits per heavy atom. The molecular formula is C18H14Cl3N3OS. The van der Waals surface area contributed by atoms with E-state index in [1.807, 2.05) is 31.2 Å². The summed E-state index contributed by atoms with van der Waals surface area (Å²) in [7, 11) is 0. The highest BCUT2D eigenvalue weighted by Gasteiger charge is 2.13. The number of nitrogens with zero attached hydrogens (tertiary/aromatic N) is 1. The van der Waals surface area contributed by atoms with Gasteiger partial charge in [0, 0.05) is 15.5 Å². The molecule has 0 radical (unpaired) electrons. The van der Waals surface area contributed by atoms with Gasteiger partial charge in [-0.05, 0) is 31.2 Å². The predicted molar refractivity (Wildman–Crippen MR) is 110 cm³/mol. The van der Waals surface area contributed by atoms with Crippen LogP contribution in [-0.2, 0) is 6.54 Å². The van der Waals surface area contributed by atoms with E-state index >= 15 is 0 Å². The van der Waals surface area contributed by atoms with Crippen molar-refractivity contribution in [2.45, 2.75) is 13.5 Å². The average molecular weight is 427 g/mol. The molecule has 0 saturated heterocycles. The molecule has 26 heavy (non-hydrogen) atoms. The fourth-order valence-corrected chi connectivity index (χ4v) is 4.04. The summed E-state index contributed by atoms with van der Waals surface area (Å²) in [5.74, 6) is 0. The Morgan fingerprint density at radius 1 is 1.12 bits per heavy atom. The molecule has 3 aromatic rings. The number of nitrogens with one attached hydrogen (secondary N) is 2. The van der Waals surface area contributed by atoms with Gasteiger partial charge in [0.2, 0.25) is 0 Å². The summed E-state index contributed by atoms with van der Waals surface area (Å²) in [6.07, 6.45) is 0. The molecule has 2 aromatic carbocycles. The molecule has 0 aliphatic heterocycles. The van der Waals surface area contributed by atoms with Gasteiger partial charge in [-0.3, -0.25) is 0 Å². The molecule has 4 nitrogen and oxygen atoms in total. The lowest BCUT2D eigenvalue weighted by atomic mass is 10.2. The molecule has 0 fully saturated rings. The van der Waals surface area contributed by atoms with E-state index in [-0.39, 0.29) is 6.03 Å². The second kappa shape index (κ2) is 8.27. The van der Waals surface area contributed by atoms with E-state index in [2.05, 4.69) is 15.6 Å². The quantitative estimate of drug-likeness (QED) is 0.507. The molecule has 1 heterocycles. The van der Waals surface area contributed by atoms with E-state index < -0.39 is 0 Å². The molecule has 3 rings (SSSR count). The number of aryl methyl sites for hydroxylation is 1. The molecule has 1 aromatic heterocycles. The summed E-state index contributed by atoms with van der Waals surface area (Å²) >= 11 is 19.6. The lowest BCUT2D eigenvalue weighted by Gasteiger charge is -2.08. The number of urea groups is 1. The zero-order valence-corrected chi connectivity index (χ0v) is 16.7. The van der Waals surface area contributed by atoms with Crippen molar-refractivity contribution >= 4 is 57.9 Å². The molecule has 0 spiro atoms. The van der Waals surface area contributed by atoms with Crippen molar-refractivity contribution in [3.63, 3.8) is 0 Å². The van der Waals surface area contributed by atoms with Crippen molar-refractivity contribution < 1.29 is 4.79 Å². The normalized spacial score (nSPS) is 10.6. The first-order valence-electron chi connectivity index (χ1n) is 7.65. The molecular weight excluding hydrogens is 413 g/mol. The Kier molecular flexibility index (Phi) is 6.04. The van der Waals surface area contributed by atoms with Crippen LogP contribution < -0.4 is 10.6 Å². The predicted octanol–water partition coefficient (Wildman–Crippen LogP) is 6.40. The van der Waals surface area contributed by atoms with E-state index in [9.17, 15) is 4.79 Å². The molecule has 2 N–H and O–H groups in total. The zero-order chi connectivity index (χ0) is 18.7. The number of halogens is 3. The lowest BCUT2D eigenvalue weighted by molar-refractivity contribution is 0.252. The second-order valence-corrected chi connectivity index (χ2v) is 7.77. The fourth-order valence-electron chi connectivity index (χ4n) is 2.26. The number of hydrogen-bond donors (Lipinski definition) is 2. The van der Waals surface area contributed by atoms with E-state index in [0.717, 1.165) is 21.1 Å². The number of anilines is 1. The standard InChI is InChI=1S/C18H14Cl3N3OS/c1-10-16(26-17(23-10)12-4-2-3-5-13(12)20)9-22-18(25)24-15-7-6-11(19)8-14(15)21/h2-8H,9H2,1H3,(H2,22,24,25). The number of carbonyl (C=O) groups is 1. The third kappa shape index (κ3) is 4.48. The minimum Gasteiger partial charge on any atom is -0.333 e. The Hall–Kier alpha value is -1.79. The Balaban J connectivity index is 1.66. The summed E-state index contributed by atoms with van der Waals surface area (Å²) < 4.78 is 0. The number of thiazole rings is 1. The van der Waals surface area contributed by atoms with Gasteiger partial charge in [-0.15, -0.1) is 11.3 Å². The monoisotopic (exact) mass is 425 g/mol. The van der Waals surface area contributed by atoms with Crippen LogP contribution in [0.3, 0.4) is 0 Å². The van der Waals surface area contributed by atoms with E-state index in [1.54, 1.807) is 18.2 Å². The first-order valence-corrected chi connectivity index (χ1v) is 9.60. The number of amides is 2. The molecule has 0 aliphatic rings. The van der Waals surface area contributed by atoms with Crippen LogP contribution in [-0.4, -0.2) is 11.0 Å². The highest BCUT2D eigenvalue weighted by molar-refractivity contribution is 7.15. The van der Waals surface area contributed by atoms with Crippen molar-refractivity contribution in [2.24, 2.45) is 0 Å². The lowest BCUT2D eigenvalue weighted by Crippen LogP contribution is -2.28. The minimum absolute atomic E-state index is 0.352. The first kappa shape index (κ1) is 19.0. The maximum absolute atomic E-state index is 12.1. The van der Waals surface area contributed by atoms with Gasteiger partial charge in [0.05, 0.1) is 28.0 Å². The van der Waals surface area contributed by atoms with Gasteiger partial charge in [0.25, 0.3) is 0 Å². The van der Waals surface area contributed by atoms with E-state index in [1.165, 1.54) is 11.3 Å². The summed E-state index contributed by atoms with van der Waals surface area (Å²) in [6.45, 7) is 2.26. The van der Waals surface area contributed by atoms with Crippen LogP contribution in [0.25, 0.3) is 10.6 Å². The van der Waals surface area contributed by atoms with Crippen molar-refractivity contribution in [2.75, 3.05) is 5.32 Å². The smallest absolute Gasteiger partial charge is 0.319 e. The van der Waals surface area contributed by atoms with Gasteiger partial charge in [0.1, 0.15) is 5.01 Å². The van der Waals surface area contributed by atoms with E-state index in [4.69, 9.17) is 34.8 Å². The molecule has 0 aliphatic carbocycles. The molecule has 134 valence electrons. The first-order chi connectivity index (χ1) is 12.4. The van der Waals surface area contributed by atoms with E-state index in [0.29, 0.717) is 27.3 Å². The third-order valence-corrected chi connectivity index (χ3v) is 5.65. The largest absolute Gasteiger partial charge is 0.333 e. The maximum atomic E-state index is 12.1. The molecule has 0 atom stereocenters. The highest BCUT2D eigenvalue weighted by Crippen LogP contribution is 2.32. The third-order valence-electron chi connectivity index (χ3n) is 3.59. The van der Waals surface area contributed by atoms with Gasteiger partial charge in [-0.2, -0.15) is 0 Å². The minimum atomic E-state index is -0.360. The van der Waals surface area contributed by atoms with Gasteiger partial charge >= 0.3 is 6.03 Å². The summed E-state index contributed by atoms with van der Waals surface area (Å²) in [5, 5.41) is 7.86. The van der Waals surface area contributed by atoms with Gasteiger partial charge < -0.3 is 10.6 Å². The Labute approximate surface area is 170 Å². The molecule has 2 amide bonds. The van der Waals surface area contributed by atoms with Crippen LogP contribution in [0.2, 0.25) is 15.1 Å². The maximum Gasteiger partial charge on any atom is 0.319 e. The summed E-state index contributed by atoms with van der Waals surface area (Å²) in [4.78, 5) is 17.6.